The molecule has 0 amide bonds. The third-order valence-electron chi connectivity index (χ3n) is 7.17. The monoisotopic (exact) mass is 587 g/mol. The lowest BCUT2D eigenvalue weighted by Gasteiger charge is -2.26. The molecule has 11 heteroatoms. The fourth-order valence-corrected chi connectivity index (χ4v) is 4.80. The van der Waals surface area contributed by atoms with Crippen molar-refractivity contribution in [3.05, 3.63) is 93.8 Å². The molecule has 3 N–H and O–H groups in total. The second-order valence-electron chi connectivity index (χ2n) is 10.7. The summed E-state index contributed by atoms with van der Waals surface area (Å²) in [5.41, 5.74) is 3.56. The molecule has 0 spiro atoms. The molecule has 0 bridgehead atoms. The van der Waals surface area contributed by atoms with Gasteiger partial charge in [0.1, 0.15) is 40.5 Å². The van der Waals surface area contributed by atoms with E-state index in [0.717, 1.165) is 56.0 Å². The number of hydrogen-bond donors (Lipinski definition) is 2. The summed E-state index contributed by atoms with van der Waals surface area (Å²) in [4.78, 5) is 25.1. The number of esters is 1. The van der Waals surface area contributed by atoms with E-state index in [1.165, 1.54) is 6.07 Å². The zero-order valence-electron chi connectivity index (χ0n) is 23.4. The molecule has 0 saturated heterocycles. The molecule has 1 saturated carbocycles. The number of rotatable bonds is 11. The van der Waals surface area contributed by atoms with Crippen LogP contribution in [0, 0.1) is 23.3 Å². The summed E-state index contributed by atoms with van der Waals surface area (Å²) in [6, 6.07) is 6.93. The van der Waals surface area contributed by atoms with Gasteiger partial charge in [-0.15, -0.1) is 0 Å². The second kappa shape index (κ2) is 12.8. The fraction of sp³-hybridized carbons (Fsp3) is 0.355. The van der Waals surface area contributed by atoms with E-state index in [2.05, 4.69) is 11.9 Å². The minimum Gasteiger partial charge on any atom is -0.493 e. The van der Waals surface area contributed by atoms with Crippen molar-refractivity contribution in [2.24, 2.45) is 0 Å². The van der Waals surface area contributed by atoms with Crippen molar-refractivity contribution >= 4 is 17.4 Å². The van der Waals surface area contributed by atoms with E-state index in [-0.39, 0.29) is 46.9 Å². The molecule has 2 aromatic carbocycles. The molecular weight excluding hydrogens is 554 g/mol. The number of nitrogens with one attached hydrogen (secondary N) is 1. The standard InChI is InChI=1S/C31H33F4N3O4/c1-18(22-10-9-19(32)15-24(22)33)23-11-12-27(39)38(29(23)36)28-25(34)16-21(17-26(28)35)41-14-6-13-37-31(2,3)30(40)42-20-7-4-5-8-20/h9-12,15-17,20,37H,1,4-8,13-14,36H2,2-3H3. The molecule has 1 heterocycles. The van der Waals surface area contributed by atoms with Crippen LogP contribution in [0.5, 0.6) is 5.75 Å². The predicted octanol–water partition coefficient (Wildman–Crippen LogP) is 5.66. The highest BCUT2D eigenvalue weighted by atomic mass is 19.1. The fourth-order valence-electron chi connectivity index (χ4n) is 4.80. The Bertz CT molecular complexity index is 1520. The highest BCUT2D eigenvalue weighted by Crippen LogP contribution is 2.31. The van der Waals surface area contributed by atoms with E-state index in [4.69, 9.17) is 15.2 Å². The van der Waals surface area contributed by atoms with Crippen LogP contribution in [0.25, 0.3) is 11.3 Å². The number of carbonyl (C=O) groups is 1. The summed E-state index contributed by atoms with van der Waals surface area (Å²) in [7, 11) is 0. The third-order valence-corrected chi connectivity index (χ3v) is 7.17. The lowest BCUT2D eigenvalue weighted by molar-refractivity contribution is -0.155. The summed E-state index contributed by atoms with van der Waals surface area (Å²) in [5.74, 6) is -4.80. The summed E-state index contributed by atoms with van der Waals surface area (Å²) >= 11 is 0. The highest BCUT2D eigenvalue weighted by molar-refractivity contribution is 5.83. The van der Waals surface area contributed by atoms with Crippen LogP contribution in [0.4, 0.5) is 23.4 Å². The summed E-state index contributed by atoms with van der Waals surface area (Å²) in [6.45, 7) is 7.68. The normalized spacial score (nSPS) is 13.8. The Morgan fingerprint density at radius 2 is 1.67 bits per heavy atom. The molecule has 4 rings (SSSR count). The van der Waals surface area contributed by atoms with Gasteiger partial charge < -0.3 is 20.5 Å². The van der Waals surface area contributed by atoms with Crippen LogP contribution in [-0.2, 0) is 9.53 Å². The quantitative estimate of drug-likeness (QED) is 0.171. The van der Waals surface area contributed by atoms with Crippen LogP contribution in [0.15, 0.2) is 53.8 Å². The molecule has 1 aliphatic carbocycles. The average molecular weight is 588 g/mol. The molecule has 1 aromatic heterocycles. The van der Waals surface area contributed by atoms with Crippen molar-refractivity contribution in [3.63, 3.8) is 0 Å². The van der Waals surface area contributed by atoms with Crippen molar-refractivity contribution in [2.75, 3.05) is 18.9 Å². The number of pyridine rings is 1. The van der Waals surface area contributed by atoms with E-state index in [1.54, 1.807) is 13.8 Å². The average Bonchev–Trinajstić information content (AvgIpc) is 3.42. The maximum atomic E-state index is 15.2. The Balaban J connectivity index is 1.43. The van der Waals surface area contributed by atoms with Crippen molar-refractivity contribution in [2.45, 2.75) is 57.6 Å². The lowest BCUT2D eigenvalue weighted by atomic mass is 9.99. The summed E-state index contributed by atoms with van der Waals surface area (Å²) < 4.78 is 69.7. The van der Waals surface area contributed by atoms with E-state index in [9.17, 15) is 18.4 Å². The van der Waals surface area contributed by atoms with Gasteiger partial charge in [-0.05, 0) is 76.3 Å². The van der Waals surface area contributed by atoms with E-state index in [0.29, 0.717) is 23.6 Å². The highest BCUT2D eigenvalue weighted by Gasteiger charge is 2.31. The van der Waals surface area contributed by atoms with E-state index < -0.39 is 40.1 Å². The van der Waals surface area contributed by atoms with Gasteiger partial charge in [0.05, 0.1) is 6.61 Å². The minimum atomic E-state index is -1.12. The number of benzene rings is 2. The molecule has 224 valence electrons. The van der Waals surface area contributed by atoms with Crippen LogP contribution in [0.2, 0.25) is 0 Å². The lowest BCUT2D eigenvalue weighted by Crippen LogP contribution is -2.49. The summed E-state index contributed by atoms with van der Waals surface area (Å²) in [6.07, 6.45) is 4.23. The van der Waals surface area contributed by atoms with Crippen LogP contribution < -0.4 is 21.3 Å². The molecule has 0 radical (unpaired) electrons. The Kier molecular flexibility index (Phi) is 9.40. The number of anilines is 1. The molecule has 42 heavy (non-hydrogen) atoms. The number of nitrogens with two attached hydrogens (primary N) is 1. The number of hydrogen-bond acceptors (Lipinski definition) is 6. The van der Waals surface area contributed by atoms with Gasteiger partial charge in [0.15, 0.2) is 11.6 Å². The van der Waals surface area contributed by atoms with Crippen molar-refractivity contribution in [1.29, 1.82) is 0 Å². The topological polar surface area (TPSA) is 95.6 Å². The van der Waals surface area contributed by atoms with Crippen LogP contribution >= 0.6 is 0 Å². The molecule has 0 aliphatic heterocycles. The van der Waals surface area contributed by atoms with Gasteiger partial charge in [0.2, 0.25) is 0 Å². The molecule has 7 nitrogen and oxygen atoms in total. The maximum Gasteiger partial charge on any atom is 0.326 e. The molecule has 1 fully saturated rings. The first kappa shape index (κ1) is 30.8. The van der Waals surface area contributed by atoms with Gasteiger partial charge in [-0.2, -0.15) is 0 Å². The number of aromatic nitrogens is 1. The number of nitrogen functional groups attached to an aromatic ring is 1. The molecule has 3 aromatic rings. The zero-order chi connectivity index (χ0) is 30.6. The van der Waals surface area contributed by atoms with Gasteiger partial charge >= 0.3 is 5.97 Å². The molecule has 0 atom stereocenters. The molecule has 1 aliphatic rings. The predicted molar refractivity (Wildman–Crippen MR) is 151 cm³/mol. The van der Waals surface area contributed by atoms with Crippen LogP contribution in [0.1, 0.15) is 57.1 Å². The van der Waals surface area contributed by atoms with Gasteiger partial charge in [-0.3, -0.25) is 14.2 Å². The first-order chi connectivity index (χ1) is 19.9. The molecular formula is C31H33F4N3O4. The Hall–Kier alpha value is -4.12. The van der Waals surface area contributed by atoms with Crippen molar-refractivity contribution < 1.29 is 31.8 Å². The minimum absolute atomic E-state index is 0.0110. The Labute approximate surface area is 240 Å². The second-order valence-corrected chi connectivity index (χ2v) is 10.7. The first-order valence-electron chi connectivity index (χ1n) is 13.6. The number of halogens is 4. The smallest absolute Gasteiger partial charge is 0.326 e. The van der Waals surface area contributed by atoms with Gasteiger partial charge in [-0.1, -0.05) is 6.58 Å². The van der Waals surface area contributed by atoms with Crippen molar-refractivity contribution in [1.82, 2.24) is 9.88 Å². The SMILES string of the molecule is C=C(c1ccc(F)cc1F)c1ccc(=O)n(-c2c(F)cc(OCCCNC(C)(C)C(=O)OC3CCCC3)cc2F)c1N. The van der Waals surface area contributed by atoms with Gasteiger partial charge in [0, 0.05) is 35.4 Å². The van der Waals surface area contributed by atoms with Crippen LogP contribution in [-0.4, -0.2) is 35.3 Å². The van der Waals surface area contributed by atoms with Crippen molar-refractivity contribution in [3.8, 4) is 11.4 Å². The largest absolute Gasteiger partial charge is 0.493 e. The number of carbonyl (C=O) groups excluding carboxylic acids is 1. The van der Waals surface area contributed by atoms with E-state index in [1.807, 2.05) is 0 Å². The number of ether oxygens (including phenoxy) is 2. The number of nitrogens with zero attached hydrogens (tertiary/aromatic N) is 1. The third kappa shape index (κ3) is 6.84. The first-order valence-corrected chi connectivity index (χ1v) is 13.6. The zero-order valence-corrected chi connectivity index (χ0v) is 23.4. The van der Waals surface area contributed by atoms with Gasteiger partial charge in [-0.25, -0.2) is 17.6 Å². The van der Waals surface area contributed by atoms with Crippen LogP contribution in [0.3, 0.4) is 0 Å². The van der Waals surface area contributed by atoms with E-state index >= 15 is 8.78 Å². The van der Waals surface area contributed by atoms with Gasteiger partial charge in [0.25, 0.3) is 5.56 Å². The maximum absolute atomic E-state index is 15.2. The molecule has 0 unspecified atom stereocenters. The summed E-state index contributed by atoms with van der Waals surface area (Å²) in [5, 5.41) is 3.11. The Morgan fingerprint density at radius 3 is 2.31 bits per heavy atom. The Morgan fingerprint density at radius 1 is 1.02 bits per heavy atom.